The van der Waals surface area contributed by atoms with E-state index < -0.39 is 0 Å². The number of amides is 1. The topological polar surface area (TPSA) is 65.0 Å². The number of hydrogen-bond acceptors (Lipinski definition) is 5. The number of ether oxygens (including phenoxy) is 1. The molecule has 1 aromatic rings. The summed E-state index contributed by atoms with van der Waals surface area (Å²) in [6.07, 6.45) is 10.2. The number of hydrogen-bond donors (Lipinski definition) is 2. The normalized spacial score (nSPS) is 42.7. The smallest absolute Gasteiger partial charge is 0.240 e. The van der Waals surface area contributed by atoms with Crippen molar-refractivity contribution in [3.63, 3.8) is 0 Å². The molecule has 4 saturated heterocycles. The number of piperidine rings is 1. The lowest BCUT2D eigenvalue weighted by molar-refractivity contribution is -0.145. The number of phenolic OH excluding ortho intramolecular Hbond substituents is 1. The van der Waals surface area contributed by atoms with Crippen LogP contribution in [0.25, 0.3) is 0 Å². The molecule has 0 radical (unpaired) electrons. The Kier molecular flexibility index (Phi) is 3.81. The van der Waals surface area contributed by atoms with Crippen molar-refractivity contribution in [2.45, 2.75) is 87.4 Å². The molecular formula is C27H35N3O3. The lowest BCUT2D eigenvalue weighted by Crippen LogP contribution is -2.73. The Morgan fingerprint density at radius 3 is 2.88 bits per heavy atom. The summed E-state index contributed by atoms with van der Waals surface area (Å²) in [5.41, 5.74) is 2.81. The molecule has 6 nitrogen and oxygen atoms in total. The molecule has 8 aliphatic rings. The van der Waals surface area contributed by atoms with Crippen LogP contribution in [0.5, 0.6) is 11.5 Å². The summed E-state index contributed by atoms with van der Waals surface area (Å²) < 4.78 is 6.81. The number of fused-ring (bicyclic) bond motifs is 3. The van der Waals surface area contributed by atoms with Crippen molar-refractivity contribution < 1.29 is 14.6 Å². The fourth-order valence-electron chi connectivity index (χ4n) is 9.36. The molecule has 33 heavy (non-hydrogen) atoms. The number of phenols is 1. The van der Waals surface area contributed by atoms with Crippen LogP contribution in [0.1, 0.15) is 62.5 Å². The Hall–Kier alpha value is -1.79. The highest BCUT2D eigenvalue weighted by atomic mass is 16.5. The van der Waals surface area contributed by atoms with Crippen LogP contribution in [0.4, 0.5) is 0 Å². The molecule has 5 heterocycles. The van der Waals surface area contributed by atoms with E-state index in [4.69, 9.17) is 4.74 Å². The van der Waals surface area contributed by atoms with Crippen LogP contribution in [0, 0.1) is 11.3 Å². The van der Waals surface area contributed by atoms with Crippen LogP contribution in [0.3, 0.4) is 0 Å². The average Bonchev–Trinajstić information content (AvgIpc) is 3.41. The quantitative estimate of drug-likeness (QED) is 0.743. The average molecular weight is 450 g/mol. The number of nitrogens with zero attached hydrogens (tertiary/aromatic N) is 2. The SMILES string of the molecule is O=C([C@@H]1CCCN1)N1CC[C@@]23CC[C@@H]1[C@@H]1Oc4c(O)ccc5c4[C@@]12CCN(CC1CC1)[C@H]3C5. The number of nitrogens with one attached hydrogen (secondary N) is 1. The summed E-state index contributed by atoms with van der Waals surface area (Å²) >= 11 is 0. The van der Waals surface area contributed by atoms with E-state index in [0.29, 0.717) is 11.8 Å². The van der Waals surface area contributed by atoms with Crippen molar-refractivity contribution in [2.24, 2.45) is 11.3 Å². The van der Waals surface area contributed by atoms with Gasteiger partial charge in [0, 0.05) is 35.5 Å². The molecule has 176 valence electrons. The summed E-state index contributed by atoms with van der Waals surface area (Å²) in [6, 6.07) is 4.64. The second-order valence-electron chi connectivity index (χ2n) is 12.1. The highest BCUT2D eigenvalue weighted by molar-refractivity contribution is 5.83. The first kappa shape index (κ1) is 19.5. The number of aromatic hydroxyl groups is 1. The summed E-state index contributed by atoms with van der Waals surface area (Å²) in [5.74, 6) is 2.21. The van der Waals surface area contributed by atoms with Crippen molar-refractivity contribution >= 4 is 5.91 Å². The van der Waals surface area contributed by atoms with Gasteiger partial charge in [0.25, 0.3) is 0 Å². The Balaban J connectivity index is 1.29. The van der Waals surface area contributed by atoms with Gasteiger partial charge in [0.15, 0.2) is 11.5 Å². The van der Waals surface area contributed by atoms with Gasteiger partial charge < -0.3 is 20.1 Å². The molecule has 3 aliphatic carbocycles. The molecule has 0 aromatic heterocycles. The zero-order valence-electron chi connectivity index (χ0n) is 19.4. The second kappa shape index (κ2) is 6.45. The monoisotopic (exact) mass is 449 g/mol. The molecular weight excluding hydrogens is 414 g/mol. The van der Waals surface area contributed by atoms with E-state index in [2.05, 4.69) is 21.2 Å². The minimum absolute atomic E-state index is 0.0213. The van der Waals surface area contributed by atoms with E-state index in [1.807, 2.05) is 6.07 Å². The first-order chi connectivity index (χ1) is 16.1. The fourth-order valence-corrected chi connectivity index (χ4v) is 9.36. The van der Waals surface area contributed by atoms with Crippen LogP contribution < -0.4 is 10.1 Å². The van der Waals surface area contributed by atoms with E-state index in [1.54, 1.807) is 0 Å². The van der Waals surface area contributed by atoms with Gasteiger partial charge in [-0.1, -0.05) is 6.07 Å². The molecule has 6 atom stereocenters. The maximum Gasteiger partial charge on any atom is 0.240 e. The van der Waals surface area contributed by atoms with E-state index in [9.17, 15) is 9.90 Å². The molecule has 6 heteroatoms. The molecule has 6 fully saturated rings. The van der Waals surface area contributed by atoms with Crippen LogP contribution in [0.15, 0.2) is 12.1 Å². The first-order valence-electron chi connectivity index (χ1n) is 13.4. The largest absolute Gasteiger partial charge is 0.504 e. The molecule has 9 rings (SSSR count). The Bertz CT molecular complexity index is 1030. The zero-order chi connectivity index (χ0) is 21.9. The third-order valence-corrected chi connectivity index (χ3v) is 10.8. The maximum atomic E-state index is 13.7. The second-order valence-corrected chi connectivity index (χ2v) is 12.1. The Morgan fingerprint density at radius 1 is 1.15 bits per heavy atom. The summed E-state index contributed by atoms with van der Waals surface area (Å²) in [6.45, 7) is 4.18. The fraction of sp³-hybridized carbons (Fsp3) is 0.741. The van der Waals surface area contributed by atoms with Crippen molar-refractivity contribution in [3.05, 3.63) is 23.3 Å². The maximum absolute atomic E-state index is 13.7. The van der Waals surface area contributed by atoms with Crippen molar-refractivity contribution in [3.8, 4) is 11.5 Å². The van der Waals surface area contributed by atoms with Gasteiger partial charge in [-0.3, -0.25) is 9.69 Å². The van der Waals surface area contributed by atoms with E-state index in [1.165, 1.54) is 36.9 Å². The number of rotatable bonds is 3. The van der Waals surface area contributed by atoms with Gasteiger partial charge in [0.2, 0.25) is 5.91 Å². The standard InChI is InChI=1S/C27H35N3O3/c31-20-6-5-17-14-21-26-8-7-19(30(13-9-26)25(32)18-2-1-11-28-18)24-27(26,22(17)23(20)33-24)10-12-29(21)15-16-3-4-16/h5-6,16,18-19,21,24,28,31H,1-4,7-15H2/t18-,19+,21-,24-,26+,27-/m0/s1. The minimum Gasteiger partial charge on any atom is -0.504 e. The molecule has 0 unspecified atom stereocenters. The highest BCUT2D eigenvalue weighted by Gasteiger charge is 2.74. The first-order valence-corrected chi connectivity index (χ1v) is 13.4. The highest BCUT2D eigenvalue weighted by Crippen LogP contribution is 2.71. The molecule has 5 aliphatic heterocycles. The van der Waals surface area contributed by atoms with Gasteiger partial charge in [-0.2, -0.15) is 0 Å². The zero-order valence-corrected chi connectivity index (χ0v) is 19.4. The number of likely N-dealkylation sites (tertiary alicyclic amines) is 1. The summed E-state index contributed by atoms with van der Waals surface area (Å²) in [5, 5.41) is 14.3. The van der Waals surface area contributed by atoms with Gasteiger partial charge in [0.05, 0.1) is 12.1 Å². The predicted molar refractivity (Wildman–Crippen MR) is 123 cm³/mol. The lowest BCUT2D eigenvalue weighted by atomic mass is 9.42. The van der Waals surface area contributed by atoms with Crippen LogP contribution in [0.2, 0.25) is 0 Å². The molecule has 4 bridgehead atoms. The molecule has 2 saturated carbocycles. The van der Waals surface area contributed by atoms with Gasteiger partial charge in [-0.15, -0.1) is 0 Å². The Labute approximate surface area is 195 Å². The lowest BCUT2D eigenvalue weighted by Gasteiger charge is -2.66. The summed E-state index contributed by atoms with van der Waals surface area (Å²) in [7, 11) is 0. The van der Waals surface area contributed by atoms with Gasteiger partial charge >= 0.3 is 0 Å². The van der Waals surface area contributed by atoms with Gasteiger partial charge in [-0.25, -0.2) is 0 Å². The van der Waals surface area contributed by atoms with E-state index in [0.717, 1.165) is 69.8 Å². The molecule has 2 spiro atoms. The van der Waals surface area contributed by atoms with Crippen LogP contribution in [-0.2, 0) is 16.6 Å². The number of benzene rings is 1. The third-order valence-electron chi connectivity index (χ3n) is 10.8. The number of carbonyl (C=O) groups excluding carboxylic acids is 1. The van der Waals surface area contributed by atoms with E-state index >= 15 is 0 Å². The molecule has 1 amide bonds. The van der Waals surface area contributed by atoms with Crippen molar-refractivity contribution in [1.29, 1.82) is 0 Å². The van der Waals surface area contributed by atoms with Crippen molar-refractivity contribution in [1.82, 2.24) is 15.1 Å². The van der Waals surface area contributed by atoms with Crippen LogP contribution in [-0.4, -0.2) is 71.2 Å². The van der Waals surface area contributed by atoms with Crippen molar-refractivity contribution in [2.75, 3.05) is 26.2 Å². The minimum atomic E-state index is -0.0551. The summed E-state index contributed by atoms with van der Waals surface area (Å²) in [4.78, 5) is 18.8. The predicted octanol–water partition coefficient (Wildman–Crippen LogP) is 2.56. The number of carbonyl (C=O) groups is 1. The Morgan fingerprint density at radius 2 is 2.06 bits per heavy atom. The molecule has 1 aromatic carbocycles. The third kappa shape index (κ3) is 2.30. The van der Waals surface area contributed by atoms with Gasteiger partial charge in [-0.05, 0) is 88.4 Å². The molecule has 2 N–H and O–H groups in total. The van der Waals surface area contributed by atoms with Crippen LogP contribution >= 0.6 is 0 Å². The van der Waals surface area contributed by atoms with E-state index in [-0.39, 0.29) is 34.9 Å². The van der Waals surface area contributed by atoms with Gasteiger partial charge in [0.1, 0.15) is 6.10 Å².